The first-order valence-corrected chi connectivity index (χ1v) is 6.58. The molecule has 0 radical (unpaired) electrons. The molecule has 0 aromatic carbocycles. The average Bonchev–Trinajstić information content (AvgIpc) is 2.34. The van der Waals surface area contributed by atoms with E-state index in [4.69, 9.17) is 27.9 Å². The lowest BCUT2D eigenvalue weighted by molar-refractivity contribution is -0.129. The van der Waals surface area contributed by atoms with Crippen molar-refractivity contribution < 1.29 is 9.53 Å². The van der Waals surface area contributed by atoms with Gasteiger partial charge >= 0.3 is 0 Å². The maximum Gasteiger partial charge on any atom is 0.253 e. The van der Waals surface area contributed by atoms with Crippen LogP contribution in [-0.2, 0) is 9.53 Å². The van der Waals surface area contributed by atoms with Crippen LogP contribution in [0.15, 0.2) is 6.07 Å². The van der Waals surface area contributed by atoms with E-state index in [1.165, 1.54) is 0 Å². The molecular formula is C12H14Cl2N2O2. The number of nitrogens with zero attached hydrogens (tertiary/aromatic N) is 1. The molecule has 1 aromatic rings. The topological polar surface area (TPSA) is 51.2 Å². The number of carbonyl (C=O) groups excluding carboxylic acids is 1. The van der Waals surface area contributed by atoms with Gasteiger partial charge in [-0.3, -0.25) is 4.79 Å². The summed E-state index contributed by atoms with van der Waals surface area (Å²) in [5.74, 6) is -0.177. The van der Waals surface area contributed by atoms with Crippen molar-refractivity contribution in [2.45, 2.75) is 32.3 Å². The van der Waals surface area contributed by atoms with Gasteiger partial charge in [0.2, 0.25) is 0 Å². The molecule has 2 heterocycles. The molecule has 1 saturated heterocycles. The second-order valence-electron chi connectivity index (χ2n) is 4.27. The third kappa shape index (κ3) is 3.13. The van der Waals surface area contributed by atoms with Crippen LogP contribution in [0.2, 0.25) is 10.3 Å². The quantitative estimate of drug-likeness (QED) is 0.851. The zero-order valence-corrected chi connectivity index (χ0v) is 11.5. The van der Waals surface area contributed by atoms with Crippen molar-refractivity contribution in [1.82, 2.24) is 4.98 Å². The van der Waals surface area contributed by atoms with Gasteiger partial charge in [-0.2, -0.15) is 0 Å². The number of ether oxygens (including phenoxy) is 1. The third-order valence-electron chi connectivity index (χ3n) is 2.86. The number of anilines is 1. The Balaban J connectivity index is 2.11. The molecule has 1 aromatic heterocycles. The third-order valence-corrected chi connectivity index (χ3v) is 3.33. The van der Waals surface area contributed by atoms with Gasteiger partial charge in [0.25, 0.3) is 5.91 Å². The largest absolute Gasteiger partial charge is 0.368 e. The van der Waals surface area contributed by atoms with Gasteiger partial charge in [-0.05, 0) is 37.8 Å². The van der Waals surface area contributed by atoms with Crippen LogP contribution in [0.3, 0.4) is 0 Å². The number of aryl methyl sites for hydroxylation is 1. The minimum atomic E-state index is -0.398. The molecule has 1 N–H and O–H groups in total. The Morgan fingerprint density at radius 2 is 2.28 bits per heavy atom. The summed E-state index contributed by atoms with van der Waals surface area (Å²) in [6, 6.07) is 1.66. The molecule has 2 rings (SSSR count). The van der Waals surface area contributed by atoms with Crippen LogP contribution >= 0.6 is 23.2 Å². The van der Waals surface area contributed by atoms with Gasteiger partial charge in [0.05, 0.1) is 5.69 Å². The predicted octanol–water partition coefficient (Wildman–Crippen LogP) is 3.20. The van der Waals surface area contributed by atoms with Gasteiger partial charge in [-0.1, -0.05) is 23.2 Å². The Morgan fingerprint density at radius 1 is 1.50 bits per heavy atom. The summed E-state index contributed by atoms with van der Waals surface area (Å²) in [6.07, 6.45) is 2.35. The summed E-state index contributed by atoms with van der Waals surface area (Å²) in [5.41, 5.74) is 1.28. The Kier molecular flexibility index (Phi) is 4.43. The van der Waals surface area contributed by atoms with Gasteiger partial charge in [0.1, 0.15) is 11.3 Å². The van der Waals surface area contributed by atoms with Crippen molar-refractivity contribution in [2.24, 2.45) is 0 Å². The first-order chi connectivity index (χ1) is 8.58. The second kappa shape index (κ2) is 5.87. The van der Waals surface area contributed by atoms with E-state index in [1.54, 1.807) is 6.07 Å². The first kappa shape index (κ1) is 13.6. The summed E-state index contributed by atoms with van der Waals surface area (Å²) in [6.45, 7) is 2.44. The first-order valence-electron chi connectivity index (χ1n) is 5.83. The van der Waals surface area contributed by atoms with Crippen LogP contribution in [0.4, 0.5) is 5.69 Å². The van der Waals surface area contributed by atoms with Gasteiger partial charge < -0.3 is 10.1 Å². The van der Waals surface area contributed by atoms with Crippen LogP contribution in [-0.4, -0.2) is 23.6 Å². The number of amides is 1. The number of aromatic nitrogens is 1. The molecular weight excluding hydrogens is 275 g/mol. The van der Waals surface area contributed by atoms with Gasteiger partial charge in [-0.15, -0.1) is 0 Å². The molecule has 1 unspecified atom stereocenters. The lowest BCUT2D eigenvalue weighted by Gasteiger charge is -2.22. The summed E-state index contributed by atoms with van der Waals surface area (Å²) in [4.78, 5) is 15.9. The summed E-state index contributed by atoms with van der Waals surface area (Å²) >= 11 is 11.7. The predicted molar refractivity (Wildman–Crippen MR) is 71.2 cm³/mol. The van der Waals surface area contributed by atoms with E-state index in [0.717, 1.165) is 24.8 Å². The van der Waals surface area contributed by atoms with Gasteiger partial charge in [-0.25, -0.2) is 4.98 Å². The van der Waals surface area contributed by atoms with Crippen molar-refractivity contribution in [3.8, 4) is 0 Å². The highest BCUT2D eigenvalue weighted by molar-refractivity contribution is 6.34. The number of halogens is 2. The maximum atomic E-state index is 12.0. The summed E-state index contributed by atoms with van der Waals surface area (Å²) in [5, 5.41) is 3.27. The Labute approximate surface area is 116 Å². The van der Waals surface area contributed by atoms with E-state index in [-0.39, 0.29) is 11.1 Å². The van der Waals surface area contributed by atoms with Crippen LogP contribution in [0, 0.1) is 6.92 Å². The van der Waals surface area contributed by atoms with Crippen molar-refractivity contribution in [1.29, 1.82) is 0 Å². The molecule has 0 saturated carbocycles. The van der Waals surface area contributed by atoms with Crippen molar-refractivity contribution in [3.05, 3.63) is 21.9 Å². The molecule has 6 heteroatoms. The zero-order chi connectivity index (χ0) is 13.1. The molecule has 18 heavy (non-hydrogen) atoms. The zero-order valence-electron chi connectivity index (χ0n) is 10.0. The molecule has 0 aliphatic carbocycles. The van der Waals surface area contributed by atoms with Crippen molar-refractivity contribution in [2.75, 3.05) is 11.9 Å². The van der Waals surface area contributed by atoms with Crippen LogP contribution in [0.25, 0.3) is 0 Å². The van der Waals surface area contributed by atoms with Gasteiger partial charge in [0.15, 0.2) is 5.15 Å². The Bertz CT molecular complexity index is 436. The van der Waals surface area contributed by atoms with E-state index in [2.05, 4.69) is 10.3 Å². The van der Waals surface area contributed by atoms with Crippen molar-refractivity contribution in [3.63, 3.8) is 0 Å². The molecule has 1 atom stereocenters. The van der Waals surface area contributed by atoms with E-state index in [1.807, 2.05) is 6.92 Å². The highest BCUT2D eigenvalue weighted by atomic mass is 35.5. The SMILES string of the molecule is Cc1cc(Cl)nc(Cl)c1NC(=O)C1CCCCO1. The van der Waals surface area contributed by atoms with Gasteiger partial charge in [0, 0.05) is 6.61 Å². The minimum Gasteiger partial charge on any atom is -0.368 e. The molecule has 1 aliphatic rings. The number of hydrogen-bond acceptors (Lipinski definition) is 3. The maximum absolute atomic E-state index is 12.0. The molecule has 0 spiro atoms. The number of rotatable bonds is 2. The minimum absolute atomic E-state index is 0.177. The number of pyridine rings is 1. The number of hydrogen-bond donors (Lipinski definition) is 1. The van der Waals surface area contributed by atoms with E-state index in [0.29, 0.717) is 17.4 Å². The molecule has 4 nitrogen and oxygen atoms in total. The molecule has 1 aliphatic heterocycles. The van der Waals surface area contributed by atoms with E-state index < -0.39 is 6.10 Å². The lowest BCUT2D eigenvalue weighted by atomic mass is 10.1. The Hall–Kier alpha value is -0.840. The summed E-state index contributed by atoms with van der Waals surface area (Å²) in [7, 11) is 0. The van der Waals surface area contributed by atoms with E-state index >= 15 is 0 Å². The van der Waals surface area contributed by atoms with Crippen molar-refractivity contribution >= 4 is 34.8 Å². The molecule has 1 amide bonds. The number of carbonyl (C=O) groups is 1. The second-order valence-corrected chi connectivity index (χ2v) is 5.02. The summed E-state index contributed by atoms with van der Waals surface area (Å²) < 4.78 is 5.41. The van der Waals surface area contributed by atoms with Crippen LogP contribution < -0.4 is 5.32 Å². The average molecular weight is 289 g/mol. The lowest BCUT2D eigenvalue weighted by Crippen LogP contribution is -2.33. The fourth-order valence-corrected chi connectivity index (χ4v) is 2.48. The van der Waals surface area contributed by atoms with Crippen LogP contribution in [0.5, 0.6) is 0 Å². The fourth-order valence-electron chi connectivity index (χ4n) is 1.90. The molecule has 98 valence electrons. The fraction of sp³-hybridized carbons (Fsp3) is 0.500. The number of nitrogens with one attached hydrogen (secondary N) is 1. The molecule has 0 bridgehead atoms. The normalized spacial score (nSPS) is 19.6. The standard InChI is InChI=1S/C12H14Cl2N2O2/c1-7-6-9(13)15-11(14)10(7)16-12(17)8-4-2-3-5-18-8/h6,8H,2-5H2,1H3,(H,16,17). The van der Waals surface area contributed by atoms with E-state index in [9.17, 15) is 4.79 Å². The molecule has 1 fully saturated rings. The highest BCUT2D eigenvalue weighted by Gasteiger charge is 2.23. The smallest absolute Gasteiger partial charge is 0.253 e. The monoisotopic (exact) mass is 288 g/mol. The van der Waals surface area contributed by atoms with Crippen LogP contribution in [0.1, 0.15) is 24.8 Å². The highest BCUT2D eigenvalue weighted by Crippen LogP contribution is 2.27. The Morgan fingerprint density at radius 3 is 2.89 bits per heavy atom.